The number of carbonyl (C=O) groups is 2. The summed E-state index contributed by atoms with van der Waals surface area (Å²) in [5.41, 5.74) is 1.96. The Morgan fingerprint density at radius 2 is 1.81 bits per heavy atom. The Hall–Kier alpha value is -2.82. The topological polar surface area (TPSA) is 58.6 Å². The van der Waals surface area contributed by atoms with Crippen molar-refractivity contribution in [3.8, 4) is 5.75 Å². The SMILES string of the molecule is CC1Oc2ccccc2N(CC(=O)NCCCCc2ccccc2)C1=O. The molecular weight excluding hydrogens is 328 g/mol. The lowest BCUT2D eigenvalue weighted by atomic mass is 10.1. The Labute approximate surface area is 154 Å². The first-order chi connectivity index (χ1) is 12.6. The summed E-state index contributed by atoms with van der Waals surface area (Å²) in [6.07, 6.45) is 2.35. The molecule has 5 heteroatoms. The molecule has 0 fully saturated rings. The highest BCUT2D eigenvalue weighted by Gasteiger charge is 2.32. The minimum Gasteiger partial charge on any atom is -0.479 e. The third kappa shape index (κ3) is 4.42. The van der Waals surface area contributed by atoms with Gasteiger partial charge in [-0.25, -0.2) is 0 Å². The molecule has 2 aromatic carbocycles. The average Bonchev–Trinajstić information content (AvgIpc) is 2.66. The van der Waals surface area contributed by atoms with Crippen molar-refractivity contribution < 1.29 is 14.3 Å². The number of anilines is 1. The molecule has 0 spiro atoms. The van der Waals surface area contributed by atoms with Gasteiger partial charge in [0.25, 0.3) is 5.91 Å². The lowest BCUT2D eigenvalue weighted by Gasteiger charge is -2.32. The molecule has 1 atom stereocenters. The smallest absolute Gasteiger partial charge is 0.268 e. The Balaban J connectivity index is 1.46. The predicted molar refractivity (Wildman–Crippen MR) is 101 cm³/mol. The van der Waals surface area contributed by atoms with Gasteiger partial charge in [0, 0.05) is 6.54 Å². The zero-order chi connectivity index (χ0) is 18.4. The van der Waals surface area contributed by atoms with Gasteiger partial charge in [0.1, 0.15) is 12.3 Å². The van der Waals surface area contributed by atoms with E-state index >= 15 is 0 Å². The number of nitrogens with one attached hydrogen (secondary N) is 1. The molecule has 1 aliphatic heterocycles. The quantitative estimate of drug-likeness (QED) is 0.780. The standard InChI is InChI=1S/C21H24N2O3/c1-16-21(25)23(18-12-5-6-13-19(18)26-16)15-20(24)22-14-8-7-11-17-9-3-2-4-10-17/h2-6,9-10,12-13,16H,7-8,11,14-15H2,1H3,(H,22,24). The van der Waals surface area contributed by atoms with Crippen LogP contribution in [0, 0.1) is 0 Å². The minimum atomic E-state index is -0.580. The zero-order valence-corrected chi connectivity index (χ0v) is 15.0. The van der Waals surface area contributed by atoms with Crippen molar-refractivity contribution in [2.75, 3.05) is 18.0 Å². The fourth-order valence-corrected chi connectivity index (χ4v) is 3.05. The number of amides is 2. The second-order valence-electron chi connectivity index (χ2n) is 6.44. The maximum Gasteiger partial charge on any atom is 0.268 e. The lowest BCUT2D eigenvalue weighted by molar-refractivity contribution is -0.128. The maximum atomic E-state index is 12.4. The first-order valence-electron chi connectivity index (χ1n) is 9.03. The van der Waals surface area contributed by atoms with E-state index in [1.165, 1.54) is 10.5 Å². The van der Waals surface area contributed by atoms with Crippen molar-refractivity contribution in [1.29, 1.82) is 0 Å². The Morgan fingerprint density at radius 3 is 2.62 bits per heavy atom. The highest BCUT2D eigenvalue weighted by atomic mass is 16.5. The summed E-state index contributed by atoms with van der Waals surface area (Å²) < 4.78 is 5.59. The summed E-state index contributed by atoms with van der Waals surface area (Å²) in [5, 5.41) is 2.91. The molecule has 1 aliphatic rings. The number of rotatable bonds is 7. The number of para-hydroxylation sites is 2. The number of unbranched alkanes of at least 4 members (excludes halogenated alkanes) is 1. The van der Waals surface area contributed by atoms with Gasteiger partial charge in [-0.05, 0) is 43.9 Å². The van der Waals surface area contributed by atoms with Gasteiger partial charge in [-0.3, -0.25) is 14.5 Å². The van der Waals surface area contributed by atoms with E-state index in [9.17, 15) is 9.59 Å². The number of hydrogen-bond acceptors (Lipinski definition) is 3. The fourth-order valence-electron chi connectivity index (χ4n) is 3.05. The monoisotopic (exact) mass is 352 g/mol. The van der Waals surface area contributed by atoms with Crippen molar-refractivity contribution in [3.63, 3.8) is 0 Å². The van der Waals surface area contributed by atoms with E-state index in [1.807, 2.05) is 36.4 Å². The average molecular weight is 352 g/mol. The third-order valence-corrected chi connectivity index (χ3v) is 4.43. The van der Waals surface area contributed by atoms with Crippen molar-refractivity contribution in [1.82, 2.24) is 5.32 Å². The lowest BCUT2D eigenvalue weighted by Crippen LogP contribution is -2.48. The van der Waals surface area contributed by atoms with Crippen LogP contribution in [0.25, 0.3) is 0 Å². The first-order valence-corrected chi connectivity index (χ1v) is 9.03. The summed E-state index contributed by atoms with van der Waals surface area (Å²) in [4.78, 5) is 26.1. The van der Waals surface area contributed by atoms with Gasteiger partial charge in [-0.15, -0.1) is 0 Å². The van der Waals surface area contributed by atoms with E-state index in [1.54, 1.807) is 13.0 Å². The van der Waals surface area contributed by atoms with Gasteiger partial charge >= 0.3 is 0 Å². The van der Waals surface area contributed by atoms with Crippen molar-refractivity contribution >= 4 is 17.5 Å². The number of benzene rings is 2. The number of nitrogens with zero attached hydrogens (tertiary/aromatic N) is 1. The Bertz CT molecular complexity index is 761. The molecule has 0 saturated carbocycles. The molecule has 5 nitrogen and oxygen atoms in total. The molecule has 0 aromatic heterocycles. The molecule has 0 radical (unpaired) electrons. The van der Waals surface area contributed by atoms with Gasteiger partial charge in [-0.1, -0.05) is 42.5 Å². The van der Waals surface area contributed by atoms with Gasteiger partial charge in [0.15, 0.2) is 6.10 Å². The molecule has 0 bridgehead atoms. The second-order valence-corrected chi connectivity index (χ2v) is 6.44. The van der Waals surface area contributed by atoms with Gasteiger partial charge in [-0.2, -0.15) is 0 Å². The molecule has 136 valence electrons. The van der Waals surface area contributed by atoms with Crippen molar-refractivity contribution in [3.05, 3.63) is 60.2 Å². The Kier molecular flexibility index (Phi) is 5.89. The van der Waals surface area contributed by atoms with Crippen LogP contribution in [0.2, 0.25) is 0 Å². The van der Waals surface area contributed by atoms with Crippen LogP contribution in [0.15, 0.2) is 54.6 Å². The van der Waals surface area contributed by atoms with Gasteiger partial charge < -0.3 is 10.1 Å². The molecule has 1 N–H and O–H groups in total. The second kappa shape index (κ2) is 8.52. The third-order valence-electron chi connectivity index (χ3n) is 4.43. The van der Waals surface area contributed by atoms with E-state index < -0.39 is 6.10 Å². The van der Waals surface area contributed by atoms with Crippen LogP contribution in [0.5, 0.6) is 5.75 Å². The van der Waals surface area contributed by atoms with Crippen LogP contribution in [0.1, 0.15) is 25.3 Å². The maximum absolute atomic E-state index is 12.4. The first kappa shape index (κ1) is 18.0. The molecule has 1 unspecified atom stereocenters. The molecule has 2 aromatic rings. The predicted octanol–water partition coefficient (Wildman–Crippen LogP) is 2.94. The molecule has 26 heavy (non-hydrogen) atoms. The van der Waals surface area contributed by atoms with Crippen LogP contribution in [0.4, 0.5) is 5.69 Å². The summed E-state index contributed by atoms with van der Waals surface area (Å²) in [6, 6.07) is 17.6. The van der Waals surface area contributed by atoms with Crippen LogP contribution >= 0.6 is 0 Å². The highest BCUT2D eigenvalue weighted by molar-refractivity contribution is 6.03. The van der Waals surface area contributed by atoms with E-state index in [0.29, 0.717) is 18.0 Å². The minimum absolute atomic E-state index is 0.0161. The summed E-state index contributed by atoms with van der Waals surface area (Å²) in [7, 11) is 0. The van der Waals surface area contributed by atoms with Gasteiger partial charge in [0.2, 0.25) is 5.91 Å². The molecule has 2 amide bonds. The van der Waals surface area contributed by atoms with E-state index in [0.717, 1.165) is 19.3 Å². The number of ether oxygens (including phenoxy) is 1. The van der Waals surface area contributed by atoms with Crippen LogP contribution in [-0.4, -0.2) is 31.0 Å². The Morgan fingerprint density at radius 1 is 1.08 bits per heavy atom. The fraction of sp³-hybridized carbons (Fsp3) is 0.333. The summed E-state index contributed by atoms with van der Waals surface area (Å²) in [5.74, 6) is 0.292. The van der Waals surface area contributed by atoms with E-state index in [4.69, 9.17) is 4.74 Å². The van der Waals surface area contributed by atoms with Crippen LogP contribution in [0.3, 0.4) is 0 Å². The number of fused-ring (bicyclic) bond motifs is 1. The molecule has 0 aliphatic carbocycles. The van der Waals surface area contributed by atoms with Crippen molar-refractivity contribution in [2.24, 2.45) is 0 Å². The highest BCUT2D eigenvalue weighted by Crippen LogP contribution is 2.33. The van der Waals surface area contributed by atoms with Gasteiger partial charge in [0.05, 0.1) is 5.69 Å². The van der Waals surface area contributed by atoms with Crippen LogP contribution in [-0.2, 0) is 16.0 Å². The van der Waals surface area contributed by atoms with E-state index in [2.05, 4.69) is 17.4 Å². The largest absolute Gasteiger partial charge is 0.479 e. The normalized spacial score (nSPS) is 16.0. The summed E-state index contributed by atoms with van der Waals surface area (Å²) in [6.45, 7) is 2.33. The molecule has 0 saturated heterocycles. The summed E-state index contributed by atoms with van der Waals surface area (Å²) >= 11 is 0. The zero-order valence-electron chi connectivity index (χ0n) is 15.0. The van der Waals surface area contributed by atoms with E-state index in [-0.39, 0.29) is 18.4 Å². The number of aryl methyl sites for hydroxylation is 1. The molecular formula is C21H24N2O3. The number of carbonyl (C=O) groups excluding carboxylic acids is 2. The van der Waals surface area contributed by atoms with Crippen LogP contribution < -0.4 is 15.0 Å². The molecule has 1 heterocycles. The van der Waals surface area contributed by atoms with Crippen molar-refractivity contribution in [2.45, 2.75) is 32.3 Å². The molecule has 3 rings (SSSR count). The number of hydrogen-bond donors (Lipinski definition) is 1.